The van der Waals surface area contributed by atoms with Gasteiger partial charge in [0, 0.05) is 5.69 Å². The molecule has 0 saturated heterocycles. The van der Waals surface area contributed by atoms with Crippen LogP contribution in [0.2, 0.25) is 0 Å². The topological polar surface area (TPSA) is 38.8 Å². The Hall–Kier alpha value is -3.27. The zero-order valence-corrected chi connectivity index (χ0v) is 16.1. The van der Waals surface area contributed by atoms with Gasteiger partial charge in [0.15, 0.2) is 11.5 Å². The summed E-state index contributed by atoms with van der Waals surface area (Å²) in [5, 5.41) is 0. The van der Waals surface area contributed by atoms with Crippen molar-refractivity contribution in [2.24, 2.45) is 0 Å². The molecule has 0 radical (unpaired) electrons. The molecule has 28 heavy (non-hydrogen) atoms. The number of carbonyl (C=O) groups excluding carboxylic acids is 1. The second-order valence-electron chi connectivity index (χ2n) is 6.71. The first-order valence-corrected chi connectivity index (χ1v) is 9.51. The summed E-state index contributed by atoms with van der Waals surface area (Å²) in [6.07, 6.45) is 0.561. The van der Waals surface area contributed by atoms with Crippen LogP contribution in [0.15, 0.2) is 72.8 Å². The van der Waals surface area contributed by atoms with Crippen molar-refractivity contribution in [1.29, 1.82) is 0 Å². The van der Waals surface area contributed by atoms with E-state index >= 15 is 0 Å². The maximum absolute atomic E-state index is 13.4. The minimum absolute atomic E-state index is 0.0812. The van der Waals surface area contributed by atoms with Gasteiger partial charge in [0.25, 0.3) is 0 Å². The molecule has 0 aliphatic carbocycles. The second-order valence-corrected chi connectivity index (χ2v) is 6.71. The first-order valence-electron chi connectivity index (χ1n) is 9.51. The molecule has 3 aromatic carbocycles. The molecule has 4 heteroatoms. The molecule has 0 bridgehead atoms. The second kappa shape index (κ2) is 7.77. The summed E-state index contributed by atoms with van der Waals surface area (Å²) >= 11 is 0. The molecule has 3 aromatic rings. The van der Waals surface area contributed by atoms with E-state index < -0.39 is 0 Å². The Kier molecular flexibility index (Phi) is 5.02. The average Bonchev–Trinajstić information content (AvgIpc) is 3.01. The number of methoxy groups -OCH3 is 1. The summed E-state index contributed by atoms with van der Waals surface area (Å²) in [4.78, 5) is 15.3. The van der Waals surface area contributed by atoms with Gasteiger partial charge in [-0.2, -0.15) is 0 Å². The normalized spacial score (nSPS) is 15.4. The van der Waals surface area contributed by atoms with Gasteiger partial charge >= 0.3 is 0 Å². The average molecular weight is 373 g/mol. The van der Waals surface area contributed by atoms with Gasteiger partial charge in [0.05, 0.1) is 25.3 Å². The molecule has 0 N–H and O–H groups in total. The summed E-state index contributed by atoms with van der Waals surface area (Å²) in [5.74, 6) is 1.23. The summed E-state index contributed by atoms with van der Waals surface area (Å²) in [6, 6.07) is 23.6. The first-order chi connectivity index (χ1) is 13.7. The molecule has 1 amide bonds. The zero-order chi connectivity index (χ0) is 19.5. The lowest BCUT2D eigenvalue weighted by molar-refractivity contribution is -0.118. The predicted octanol–water partition coefficient (Wildman–Crippen LogP) is 5.10. The van der Waals surface area contributed by atoms with Gasteiger partial charge in [-0.25, -0.2) is 0 Å². The van der Waals surface area contributed by atoms with Gasteiger partial charge in [0.1, 0.15) is 0 Å². The van der Waals surface area contributed by atoms with Crippen LogP contribution in [-0.2, 0) is 11.2 Å². The minimum Gasteiger partial charge on any atom is -0.493 e. The Morgan fingerprint density at radius 3 is 2.43 bits per heavy atom. The molecule has 1 aliphatic rings. The van der Waals surface area contributed by atoms with E-state index in [9.17, 15) is 4.79 Å². The molecule has 142 valence electrons. The van der Waals surface area contributed by atoms with Crippen LogP contribution in [0.25, 0.3) is 0 Å². The first kappa shape index (κ1) is 18.1. The van der Waals surface area contributed by atoms with E-state index in [4.69, 9.17) is 9.47 Å². The summed E-state index contributed by atoms with van der Waals surface area (Å²) in [5.41, 5.74) is 3.86. The van der Waals surface area contributed by atoms with Crippen molar-refractivity contribution in [2.45, 2.75) is 19.3 Å². The lowest BCUT2D eigenvalue weighted by Gasteiger charge is -2.19. The number of hydrogen-bond donors (Lipinski definition) is 0. The molecule has 0 fully saturated rings. The fourth-order valence-electron chi connectivity index (χ4n) is 3.84. The molecule has 0 unspecified atom stereocenters. The molecule has 1 aliphatic heterocycles. The molecule has 0 aromatic heterocycles. The van der Waals surface area contributed by atoms with Crippen LogP contribution < -0.4 is 14.4 Å². The monoisotopic (exact) mass is 373 g/mol. The molecular weight excluding hydrogens is 350 g/mol. The summed E-state index contributed by atoms with van der Waals surface area (Å²) in [7, 11) is 1.63. The summed E-state index contributed by atoms with van der Waals surface area (Å²) in [6.45, 7) is 2.49. The number of carbonyl (C=O) groups is 1. The Bertz CT molecular complexity index is 984. The molecule has 4 rings (SSSR count). The highest BCUT2D eigenvalue weighted by atomic mass is 16.5. The standard InChI is InChI=1S/C24H23NO3/c1-3-28-23-17(10-9-15-22(23)27-2)16-20-19-13-7-8-14-21(19)25(24(20)26)18-11-5-4-6-12-18/h4-15,20H,3,16H2,1-2H3/t20-/m0/s1. The van der Waals surface area contributed by atoms with Crippen LogP contribution in [0.3, 0.4) is 0 Å². The molecule has 1 heterocycles. The van der Waals surface area contributed by atoms with E-state index in [1.165, 1.54) is 0 Å². The number of ether oxygens (including phenoxy) is 2. The van der Waals surface area contributed by atoms with Crippen LogP contribution in [0.4, 0.5) is 11.4 Å². The highest BCUT2D eigenvalue weighted by Crippen LogP contribution is 2.44. The number of amides is 1. The largest absolute Gasteiger partial charge is 0.493 e. The van der Waals surface area contributed by atoms with E-state index in [-0.39, 0.29) is 11.8 Å². The van der Waals surface area contributed by atoms with E-state index in [1.54, 1.807) is 7.11 Å². The van der Waals surface area contributed by atoms with Crippen molar-refractivity contribution < 1.29 is 14.3 Å². The number of fused-ring (bicyclic) bond motifs is 1. The van der Waals surface area contributed by atoms with Crippen molar-refractivity contribution in [3.63, 3.8) is 0 Å². The smallest absolute Gasteiger partial charge is 0.239 e. The number of rotatable bonds is 6. The SMILES string of the molecule is CCOc1c(C[C@@H]2C(=O)N(c3ccccc3)c3ccccc32)cccc1OC. The number of benzene rings is 3. The van der Waals surface area contributed by atoms with Gasteiger partial charge in [-0.05, 0) is 48.7 Å². The van der Waals surface area contributed by atoms with Gasteiger partial charge in [0.2, 0.25) is 5.91 Å². The quantitative estimate of drug-likeness (QED) is 0.603. The third-order valence-electron chi connectivity index (χ3n) is 5.08. The van der Waals surface area contributed by atoms with Crippen molar-refractivity contribution in [1.82, 2.24) is 0 Å². The van der Waals surface area contributed by atoms with Crippen LogP contribution in [0.1, 0.15) is 24.0 Å². The van der Waals surface area contributed by atoms with Crippen molar-refractivity contribution >= 4 is 17.3 Å². The van der Waals surface area contributed by atoms with Gasteiger partial charge in [-0.3, -0.25) is 9.69 Å². The van der Waals surface area contributed by atoms with Gasteiger partial charge in [-0.1, -0.05) is 48.5 Å². The van der Waals surface area contributed by atoms with Crippen LogP contribution >= 0.6 is 0 Å². The number of para-hydroxylation sites is 3. The summed E-state index contributed by atoms with van der Waals surface area (Å²) < 4.78 is 11.3. The fourth-order valence-corrected chi connectivity index (χ4v) is 3.84. The number of hydrogen-bond acceptors (Lipinski definition) is 3. The van der Waals surface area contributed by atoms with E-state index in [0.29, 0.717) is 18.8 Å². The molecule has 4 nitrogen and oxygen atoms in total. The van der Waals surface area contributed by atoms with Crippen molar-refractivity contribution in [2.75, 3.05) is 18.6 Å². The lowest BCUT2D eigenvalue weighted by Crippen LogP contribution is -2.24. The van der Waals surface area contributed by atoms with Crippen molar-refractivity contribution in [3.05, 3.63) is 83.9 Å². The maximum atomic E-state index is 13.4. The Labute approximate surface area is 165 Å². The molecule has 0 spiro atoms. The third-order valence-corrected chi connectivity index (χ3v) is 5.08. The van der Waals surface area contributed by atoms with E-state index in [1.807, 2.05) is 84.6 Å². The van der Waals surface area contributed by atoms with Crippen molar-refractivity contribution in [3.8, 4) is 11.5 Å². The highest BCUT2D eigenvalue weighted by Gasteiger charge is 2.38. The highest BCUT2D eigenvalue weighted by molar-refractivity contribution is 6.10. The third kappa shape index (κ3) is 3.11. The maximum Gasteiger partial charge on any atom is 0.239 e. The van der Waals surface area contributed by atoms with Crippen LogP contribution in [0.5, 0.6) is 11.5 Å². The number of nitrogens with zero attached hydrogens (tertiary/aromatic N) is 1. The minimum atomic E-state index is -0.261. The van der Waals surface area contributed by atoms with Crippen LogP contribution in [-0.4, -0.2) is 19.6 Å². The van der Waals surface area contributed by atoms with Gasteiger partial charge in [-0.15, -0.1) is 0 Å². The molecule has 1 atom stereocenters. The predicted molar refractivity (Wildman–Crippen MR) is 111 cm³/mol. The van der Waals surface area contributed by atoms with E-state index in [0.717, 1.165) is 28.3 Å². The zero-order valence-electron chi connectivity index (χ0n) is 16.1. The van der Waals surface area contributed by atoms with Gasteiger partial charge < -0.3 is 9.47 Å². The molecular formula is C24H23NO3. The lowest BCUT2D eigenvalue weighted by atomic mass is 9.92. The Morgan fingerprint density at radius 1 is 0.929 bits per heavy atom. The Morgan fingerprint density at radius 2 is 1.68 bits per heavy atom. The molecule has 0 saturated carbocycles. The number of anilines is 2. The van der Waals surface area contributed by atoms with Crippen LogP contribution in [0, 0.1) is 0 Å². The fraction of sp³-hybridized carbons (Fsp3) is 0.208. The van der Waals surface area contributed by atoms with E-state index in [2.05, 4.69) is 0 Å². The Balaban J connectivity index is 1.75.